The lowest BCUT2D eigenvalue weighted by Gasteiger charge is -2.22. The molecule has 0 spiro atoms. The van der Waals surface area contributed by atoms with Crippen molar-refractivity contribution >= 4 is 11.9 Å². The Bertz CT molecular complexity index is 436. The molecule has 0 bridgehead atoms. The van der Waals surface area contributed by atoms with E-state index in [0.717, 1.165) is 5.76 Å². The maximum absolute atomic E-state index is 12.0. The molecule has 1 aromatic rings. The molecule has 18 heavy (non-hydrogen) atoms. The maximum Gasteiger partial charge on any atom is 0.316 e. The van der Waals surface area contributed by atoms with E-state index in [1.165, 1.54) is 4.90 Å². The Morgan fingerprint density at radius 2 is 2.00 bits per heavy atom. The van der Waals surface area contributed by atoms with E-state index < -0.39 is 17.8 Å². The van der Waals surface area contributed by atoms with E-state index in [1.54, 1.807) is 27.0 Å². The summed E-state index contributed by atoms with van der Waals surface area (Å²) in [4.78, 5) is 24.5. The number of aryl methyl sites for hydroxylation is 1. The van der Waals surface area contributed by atoms with Crippen molar-refractivity contribution in [3.05, 3.63) is 23.7 Å². The fraction of sp³-hybridized carbons (Fsp3) is 0.538. The lowest BCUT2D eigenvalue weighted by atomic mass is 9.94. The van der Waals surface area contributed by atoms with Gasteiger partial charge in [-0.15, -0.1) is 0 Å². The Morgan fingerprint density at radius 1 is 1.39 bits per heavy atom. The predicted molar refractivity (Wildman–Crippen MR) is 65.9 cm³/mol. The largest absolute Gasteiger partial charge is 0.481 e. The van der Waals surface area contributed by atoms with Crippen molar-refractivity contribution in [1.29, 1.82) is 0 Å². The third kappa shape index (κ3) is 3.35. The third-order valence-electron chi connectivity index (χ3n) is 2.76. The molecule has 1 heterocycles. The SMILES string of the molecule is Cc1ccc(CN(C)C(=O)C(C(=O)O)C(C)C)o1. The molecule has 0 fully saturated rings. The van der Waals surface area contributed by atoms with Crippen molar-refractivity contribution in [2.24, 2.45) is 11.8 Å². The first-order valence-corrected chi connectivity index (χ1v) is 5.86. The zero-order valence-corrected chi connectivity index (χ0v) is 11.1. The second-order valence-electron chi connectivity index (χ2n) is 4.77. The maximum atomic E-state index is 12.0. The number of nitrogens with zero attached hydrogens (tertiary/aromatic N) is 1. The molecular formula is C13H19NO4. The smallest absolute Gasteiger partial charge is 0.316 e. The van der Waals surface area contributed by atoms with Crippen LogP contribution in [0.25, 0.3) is 0 Å². The van der Waals surface area contributed by atoms with Gasteiger partial charge in [-0.2, -0.15) is 0 Å². The van der Waals surface area contributed by atoms with Crippen LogP contribution in [0.1, 0.15) is 25.4 Å². The Hall–Kier alpha value is -1.78. The van der Waals surface area contributed by atoms with Crippen molar-refractivity contribution in [1.82, 2.24) is 4.90 Å². The Kier molecular flexibility index (Phi) is 4.53. The van der Waals surface area contributed by atoms with Crippen LogP contribution in [0, 0.1) is 18.8 Å². The van der Waals surface area contributed by atoms with Gasteiger partial charge in [0.1, 0.15) is 17.4 Å². The van der Waals surface area contributed by atoms with Crippen molar-refractivity contribution in [2.45, 2.75) is 27.3 Å². The molecule has 1 N–H and O–H groups in total. The first-order valence-electron chi connectivity index (χ1n) is 5.86. The van der Waals surface area contributed by atoms with Crippen molar-refractivity contribution in [3.63, 3.8) is 0 Å². The van der Waals surface area contributed by atoms with E-state index in [4.69, 9.17) is 9.52 Å². The first-order chi connectivity index (χ1) is 8.32. The fourth-order valence-electron chi connectivity index (χ4n) is 1.80. The lowest BCUT2D eigenvalue weighted by molar-refractivity contribution is -0.153. The number of hydrogen-bond acceptors (Lipinski definition) is 3. The summed E-state index contributed by atoms with van der Waals surface area (Å²) in [6, 6.07) is 3.59. The van der Waals surface area contributed by atoms with Gasteiger partial charge in [0, 0.05) is 7.05 Å². The van der Waals surface area contributed by atoms with Crippen LogP contribution >= 0.6 is 0 Å². The number of carbonyl (C=O) groups excluding carboxylic acids is 1. The Balaban J connectivity index is 2.73. The van der Waals surface area contributed by atoms with E-state index in [9.17, 15) is 9.59 Å². The molecular weight excluding hydrogens is 234 g/mol. The highest BCUT2D eigenvalue weighted by atomic mass is 16.4. The van der Waals surface area contributed by atoms with E-state index >= 15 is 0 Å². The monoisotopic (exact) mass is 253 g/mol. The minimum absolute atomic E-state index is 0.240. The lowest BCUT2D eigenvalue weighted by Crippen LogP contribution is -2.39. The topological polar surface area (TPSA) is 70.8 Å². The van der Waals surface area contributed by atoms with Gasteiger partial charge in [-0.1, -0.05) is 13.8 Å². The first kappa shape index (κ1) is 14.3. The van der Waals surface area contributed by atoms with Crippen LogP contribution in [0.5, 0.6) is 0 Å². The highest BCUT2D eigenvalue weighted by molar-refractivity contribution is 5.97. The van der Waals surface area contributed by atoms with Crippen LogP contribution in [0.3, 0.4) is 0 Å². The number of carbonyl (C=O) groups is 2. The van der Waals surface area contributed by atoms with Gasteiger partial charge in [0.05, 0.1) is 6.54 Å². The van der Waals surface area contributed by atoms with Gasteiger partial charge in [0.15, 0.2) is 0 Å². The molecule has 1 atom stereocenters. The Labute approximate surface area is 106 Å². The summed E-state index contributed by atoms with van der Waals surface area (Å²) in [6.07, 6.45) is 0. The predicted octanol–water partition coefficient (Wildman–Crippen LogP) is 1.90. The third-order valence-corrected chi connectivity index (χ3v) is 2.76. The number of hydrogen-bond donors (Lipinski definition) is 1. The summed E-state index contributed by atoms with van der Waals surface area (Å²) in [5.41, 5.74) is 0. The number of carboxylic acids is 1. The average Bonchev–Trinajstić information content (AvgIpc) is 2.62. The summed E-state index contributed by atoms with van der Waals surface area (Å²) < 4.78 is 5.36. The van der Waals surface area contributed by atoms with Gasteiger partial charge in [-0.25, -0.2) is 0 Å². The second kappa shape index (κ2) is 5.71. The number of aliphatic carboxylic acids is 1. The van der Waals surface area contributed by atoms with Gasteiger partial charge in [-0.05, 0) is 25.0 Å². The molecule has 0 aliphatic rings. The molecule has 0 aromatic carbocycles. The van der Waals surface area contributed by atoms with E-state index in [0.29, 0.717) is 5.76 Å². The summed E-state index contributed by atoms with van der Waals surface area (Å²) in [5.74, 6) is -1.31. The Morgan fingerprint density at radius 3 is 2.39 bits per heavy atom. The molecule has 1 amide bonds. The minimum atomic E-state index is -1.09. The van der Waals surface area contributed by atoms with E-state index in [1.807, 2.05) is 13.0 Å². The molecule has 1 unspecified atom stereocenters. The van der Waals surface area contributed by atoms with Gasteiger partial charge >= 0.3 is 5.97 Å². The van der Waals surface area contributed by atoms with Crippen molar-refractivity contribution in [2.75, 3.05) is 7.05 Å². The number of furan rings is 1. The summed E-state index contributed by atoms with van der Waals surface area (Å²) >= 11 is 0. The van der Waals surface area contributed by atoms with Crippen molar-refractivity contribution in [3.8, 4) is 0 Å². The zero-order chi connectivity index (χ0) is 13.9. The molecule has 1 aromatic heterocycles. The van der Waals surface area contributed by atoms with Crippen molar-refractivity contribution < 1.29 is 19.1 Å². The molecule has 1 rings (SSSR count). The molecule has 5 heteroatoms. The molecule has 0 radical (unpaired) electrons. The van der Waals surface area contributed by atoms with Gasteiger partial charge in [0.2, 0.25) is 5.91 Å². The molecule has 100 valence electrons. The minimum Gasteiger partial charge on any atom is -0.481 e. The molecule has 0 saturated heterocycles. The summed E-state index contributed by atoms with van der Waals surface area (Å²) in [5, 5.41) is 9.06. The normalized spacial score (nSPS) is 12.5. The highest BCUT2D eigenvalue weighted by Gasteiger charge is 2.32. The summed E-state index contributed by atoms with van der Waals surface area (Å²) in [6.45, 7) is 5.55. The molecule has 0 aliphatic heterocycles. The van der Waals surface area contributed by atoms with Crippen LogP contribution < -0.4 is 0 Å². The molecule has 0 saturated carbocycles. The van der Waals surface area contributed by atoms with Gasteiger partial charge in [-0.3, -0.25) is 9.59 Å². The van der Waals surface area contributed by atoms with Gasteiger partial charge in [0.25, 0.3) is 0 Å². The zero-order valence-electron chi connectivity index (χ0n) is 11.1. The second-order valence-corrected chi connectivity index (χ2v) is 4.77. The number of rotatable bonds is 5. The number of amides is 1. The quantitative estimate of drug-likeness (QED) is 0.814. The van der Waals surface area contributed by atoms with E-state index in [-0.39, 0.29) is 12.5 Å². The van der Waals surface area contributed by atoms with Crippen LogP contribution in [0.2, 0.25) is 0 Å². The molecule has 0 aliphatic carbocycles. The van der Waals surface area contributed by atoms with Gasteiger partial charge < -0.3 is 14.4 Å². The van der Waals surface area contributed by atoms with Crippen LogP contribution in [0.15, 0.2) is 16.5 Å². The summed E-state index contributed by atoms with van der Waals surface area (Å²) in [7, 11) is 1.58. The van der Waals surface area contributed by atoms with E-state index in [2.05, 4.69) is 0 Å². The average molecular weight is 253 g/mol. The number of carboxylic acid groups (broad SMARTS) is 1. The van der Waals surface area contributed by atoms with Crippen LogP contribution in [0.4, 0.5) is 0 Å². The highest BCUT2D eigenvalue weighted by Crippen LogP contribution is 2.16. The molecule has 5 nitrogen and oxygen atoms in total. The standard InChI is InChI=1S/C13H19NO4/c1-8(2)11(13(16)17)12(15)14(4)7-10-6-5-9(3)18-10/h5-6,8,11H,7H2,1-4H3,(H,16,17). The fourth-order valence-corrected chi connectivity index (χ4v) is 1.80. The van der Waals surface area contributed by atoms with Crippen LogP contribution in [-0.4, -0.2) is 28.9 Å². The van der Waals surface area contributed by atoms with Crippen LogP contribution in [-0.2, 0) is 16.1 Å².